The molecule has 0 rings (SSSR count). The Kier molecular flexibility index (Phi) is 25.5. The summed E-state index contributed by atoms with van der Waals surface area (Å²) in [4.78, 5) is 47.9. The number of esters is 2. The fraction of sp³-hybridized carbons (Fsp3) is 0.455. The number of hydrogen-bond donors (Lipinski definition) is 4. The molecule has 0 fully saturated rings. The minimum absolute atomic E-state index is 0.163. The van der Waals surface area contributed by atoms with E-state index in [4.69, 9.17) is 14.9 Å². The van der Waals surface area contributed by atoms with E-state index in [0.717, 1.165) is 57.8 Å². The molecule has 0 heterocycles. The van der Waals surface area contributed by atoms with Crippen LogP contribution in [-0.2, 0) is 28.7 Å². The van der Waals surface area contributed by atoms with Crippen molar-refractivity contribution in [1.82, 2.24) is 10.6 Å². The lowest BCUT2D eigenvalue weighted by Gasteiger charge is -2.20. The van der Waals surface area contributed by atoms with Crippen molar-refractivity contribution in [1.29, 1.82) is 0 Å². The molecule has 1 atom stereocenters. The SMILES string of the molecule is CC/C=C\C/C=C\C/C=C\C/C=C\C/C=C\C/C=C\CCC(=O)NCC(NC(=O)/C=C/C(=O)OC)C(=O)OC(CO)CO. The van der Waals surface area contributed by atoms with Gasteiger partial charge in [0.05, 0.1) is 20.3 Å². The Morgan fingerprint density at radius 1 is 0.721 bits per heavy atom. The van der Waals surface area contributed by atoms with Crippen LogP contribution in [0.15, 0.2) is 85.1 Å². The molecule has 4 N–H and O–H groups in total. The lowest BCUT2D eigenvalue weighted by atomic mass is 10.2. The van der Waals surface area contributed by atoms with Crippen molar-refractivity contribution in [2.45, 2.75) is 70.4 Å². The fourth-order valence-corrected chi connectivity index (χ4v) is 3.16. The smallest absolute Gasteiger partial charge is 0.330 e. The van der Waals surface area contributed by atoms with Crippen LogP contribution in [-0.4, -0.2) is 73.0 Å². The molecule has 43 heavy (non-hydrogen) atoms. The Balaban J connectivity index is 4.36. The van der Waals surface area contributed by atoms with E-state index >= 15 is 0 Å². The van der Waals surface area contributed by atoms with Crippen molar-refractivity contribution in [3.05, 3.63) is 85.1 Å². The number of nitrogens with one attached hydrogen (secondary N) is 2. The number of hydrogen-bond acceptors (Lipinski definition) is 8. The molecule has 0 radical (unpaired) electrons. The number of rotatable bonds is 23. The maximum atomic E-state index is 12.4. The molecule has 0 aromatic rings. The first-order valence-corrected chi connectivity index (χ1v) is 14.5. The molecule has 0 aliphatic heterocycles. The minimum Gasteiger partial charge on any atom is -0.466 e. The van der Waals surface area contributed by atoms with Gasteiger partial charge < -0.3 is 30.3 Å². The second-order valence-electron chi connectivity index (χ2n) is 9.10. The highest BCUT2D eigenvalue weighted by Crippen LogP contribution is 2.00. The molecule has 0 bridgehead atoms. The van der Waals surface area contributed by atoms with Crippen LogP contribution in [0.3, 0.4) is 0 Å². The van der Waals surface area contributed by atoms with Crippen molar-refractivity contribution >= 4 is 23.8 Å². The van der Waals surface area contributed by atoms with Gasteiger partial charge >= 0.3 is 11.9 Å². The van der Waals surface area contributed by atoms with E-state index in [2.05, 4.69) is 77.0 Å². The second kappa shape index (κ2) is 28.1. The predicted molar refractivity (Wildman–Crippen MR) is 168 cm³/mol. The van der Waals surface area contributed by atoms with Crippen LogP contribution in [0.5, 0.6) is 0 Å². The van der Waals surface area contributed by atoms with Crippen molar-refractivity contribution in [3.63, 3.8) is 0 Å². The average Bonchev–Trinajstić information content (AvgIpc) is 3.01. The molecule has 0 aromatic heterocycles. The van der Waals surface area contributed by atoms with E-state index in [1.165, 1.54) is 0 Å². The largest absolute Gasteiger partial charge is 0.466 e. The summed E-state index contributed by atoms with van der Waals surface area (Å²) in [6.07, 6.45) is 31.9. The molecular weight excluding hydrogens is 552 g/mol. The molecule has 0 saturated heterocycles. The Bertz CT molecular complexity index is 1000. The Hall–Kier alpha value is -4.02. The second-order valence-corrected chi connectivity index (χ2v) is 9.10. The summed E-state index contributed by atoms with van der Waals surface area (Å²) in [7, 11) is 1.14. The molecule has 1 unspecified atom stereocenters. The number of ether oxygens (including phenoxy) is 2. The van der Waals surface area contributed by atoms with Gasteiger partial charge in [-0.1, -0.05) is 79.8 Å². The van der Waals surface area contributed by atoms with Gasteiger partial charge in [0.15, 0.2) is 0 Å². The van der Waals surface area contributed by atoms with Crippen LogP contribution in [0.25, 0.3) is 0 Å². The Morgan fingerprint density at radius 3 is 1.67 bits per heavy atom. The van der Waals surface area contributed by atoms with E-state index in [0.29, 0.717) is 6.42 Å². The molecule has 0 aliphatic carbocycles. The summed E-state index contributed by atoms with van der Waals surface area (Å²) in [6.45, 7) is 0.595. The monoisotopic (exact) mass is 600 g/mol. The third-order valence-corrected chi connectivity index (χ3v) is 5.50. The normalized spacial score (nSPS) is 13.0. The lowest BCUT2D eigenvalue weighted by Crippen LogP contribution is -2.50. The molecule has 0 aliphatic rings. The number of carbonyl (C=O) groups is 4. The van der Waals surface area contributed by atoms with Crippen molar-refractivity contribution in [3.8, 4) is 0 Å². The summed E-state index contributed by atoms with van der Waals surface area (Å²) < 4.78 is 9.35. The third kappa shape index (κ3) is 24.3. The van der Waals surface area contributed by atoms with Gasteiger partial charge in [-0.25, -0.2) is 9.59 Å². The third-order valence-electron chi connectivity index (χ3n) is 5.50. The zero-order valence-corrected chi connectivity index (χ0v) is 25.4. The average molecular weight is 601 g/mol. The quantitative estimate of drug-likeness (QED) is 0.0788. The first-order chi connectivity index (χ1) is 20.9. The zero-order valence-electron chi connectivity index (χ0n) is 25.4. The highest BCUT2D eigenvalue weighted by molar-refractivity contribution is 5.96. The van der Waals surface area contributed by atoms with Gasteiger partial charge in [-0.2, -0.15) is 0 Å². The molecule has 0 aromatic carbocycles. The van der Waals surface area contributed by atoms with Crippen molar-refractivity contribution < 1.29 is 38.9 Å². The van der Waals surface area contributed by atoms with E-state index < -0.39 is 43.2 Å². The Morgan fingerprint density at radius 2 is 1.21 bits per heavy atom. The fourth-order valence-electron chi connectivity index (χ4n) is 3.16. The minimum atomic E-state index is -1.31. The van der Waals surface area contributed by atoms with Crippen LogP contribution < -0.4 is 10.6 Å². The molecule has 238 valence electrons. The molecule has 0 saturated carbocycles. The number of aliphatic hydroxyl groups excluding tert-OH is 2. The van der Waals surface area contributed by atoms with Crippen LogP contribution >= 0.6 is 0 Å². The van der Waals surface area contributed by atoms with Crippen LogP contribution in [0, 0.1) is 0 Å². The van der Waals surface area contributed by atoms with E-state index in [1.807, 2.05) is 18.2 Å². The highest BCUT2D eigenvalue weighted by atomic mass is 16.6. The van der Waals surface area contributed by atoms with Gasteiger partial charge in [0.1, 0.15) is 12.1 Å². The van der Waals surface area contributed by atoms with Gasteiger partial charge in [0.2, 0.25) is 11.8 Å². The highest BCUT2D eigenvalue weighted by Gasteiger charge is 2.25. The number of carbonyl (C=O) groups excluding carboxylic acids is 4. The first-order valence-electron chi connectivity index (χ1n) is 14.5. The molecule has 0 spiro atoms. The number of methoxy groups -OCH3 is 1. The molecule has 2 amide bonds. The Labute approximate surface area is 255 Å². The molecular formula is C33H48N2O8. The first kappa shape index (κ1) is 39.0. The van der Waals surface area contributed by atoms with Gasteiger partial charge in [-0.05, 0) is 44.9 Å². The maximum absolute atomic E-state index is 12.4. The summed E-state index contributed by atoms with van der Waals surface area (Å²) in [5, 5.41) is 23.1. The van der Waals surface area contributed by atoms with E-state index in [-0.39, 0.29) is 18.9 Å². The summed E-state index contributed by atoms with van der Waals surface area (Å²) >= 11 is 0. The lowest BCUT2D eigenvalue weighted by molar-refractivity contribution is -0.156. The number of allylic oxidation sites excluding steroid dienone is 12. The number of aliphatic hydroxyl groups is 2. The van der Waals surface area contributed by atoms with Crippen molar-refractivity contribution in [2.75, 3.05) is 26.9 Å². The van der Waals surface area contributed by atoms with Gasteiger partial charge in [-0.15, -0.1) is 0 Å². The van der Waals surface area contributed by atoms with Gasteiger partial charge in [0, 0.05) is 25.1 Å². The predicted octanol–water partition coefficient (Wildman–Crippen LogP) is 3.69. The molecule has 10 heteroatoms. The van der Waals surface area contributed by atoms with Crippen LogP contribution in [0.2, 0.25) is 0 Å². The zero-order chi connectivity index (χ0) is 32.0. The van der Waals surface area contributed by atoms with Gasteiger partial charge in [0.25, 0.3) is 0 Å². The topological polar surface area (TPSA) is 151 Å². The maximum Gasteiger partial charge on any atom is 0.330 e. The van der Waals surface area contributed by atoms with Crippen LogP contribution in [0.1, 0.15) is 58.3 Å². The van der Waals surface area contributed by atoms with Crippen LogP contribution in [0.4, 0.5) is 0 Å². The summed E-state index contributed by atoms with van der Waals surface area (Å²) in [5.41, 5.74) is 0. The van der Waals surface area contributed by atoms with Gasteiger partial charge in [-0.3, -0.25) is 9.59 Å². The summed E-state index contributed by atoms with van der Waals surface area (Å²) in [5.74, 6) is -2.88. The van der Waals surface area contributed by atoms with E-state index in [1.54, 1.807) is 0 Å². The number of amides is 2. The standard InChI is InChI=1S/C33H48N2O8/c1-3-4-5-6-7-8-9-10-11-12-13-14-15-16-17-18-19-20-21-22-30(38)34-25-29(33(41)43-28(26-36)27-37)35-31(39)23-24-32(40)42-2/h4-5,7-8,10-11,13-14,16-17,19-20,23-24,28-29,36-37H,3,6,9,12,15,18,21-22,25-27H2,1-2H3,(H,34,38)(H,35,39)/b5-4-,8-7-,11-10-,14-13-,17-16-,20-19-,24-23+. The molecule has 10 nitrogen and oxygen atoms in total. The van der Waals surface area contributed by atoms with Crippen molar-refractivity contribution in [2.24, 2.45) is 0 Å². The summed E-state index contributed by atoms with van der Waals surface area (Å²) in [6, 6.07) is -1.31. The van der Waals surface area contributed by atoms with E-state index in [9.17, 15) is 19.2 Å².